The average molecular weight is 505 g/mol. The zero-order valence-corrected chi connectivity index (χ0v) is 20.5. The maximum Gasteiger partial charge on any atom is 2.00 e. The molecule has 3 aromatic rings. The van der Waals surface area contributed by atoms with Crippen LogP contribution in [0.3, 0.4) is 0 Å². The van der Waals surface area contributed by atoms with Crippen LogP contribution in [0.25, 0.3) is 21.5 Å². The molecule has 0 aromatic heterocycles. The number of benzene rings is 2. The van der Waals surface area contributed by atoms with Crippen molar-refractivity contribution in [1.82, 2.24) is 0 Å². The first-order valence-electron chi connectivity index (χ1n) is 8.51. The summed E-state index contributed by atoms with van der Waals surface area (Å²) in [6.45, 7) is 2.11. The van der Waals surface area contributed by atoms with E-state index in [0.717, 1.165) is 19.3 Å². The van der Waals surface area contributed by atoms with E-state index in [4.69, 9.17) is 6.42 Å². The number of allylic oxidation sites excluding steroid dienone is 4. The Morgan fingerprint density at radius 2 is 1.52 bits per heavy atom. The Morgan fingerprint density at radius 1 is 1.00 bits per heavy atom. The minimum absolute atomic E-state index is 0. The first kappa shape index (κ1) is 35.3. The normalized spacial score (nSPS) is 9.52. The topological polar surface area (TPSA) is 0 Å². The zero-order valence-electron chi connectivity index (χ0n) is 16.5. The van der Waals surface area contributed by atoms with Crippen molar-refractivity contribution in [3.05, 3.63) is 92.8 Å². The van der Waals surface area contributed by atoms with Gasteiger partial charge < -0.3 is 44.6 Å². The molecule has 0 nitrogen and oxygen atoms in total. The monoisotopic (exact) mass is 502 g/mol. The van der Waals surface area contributed by atoms with Crippen LogP contribution in [0.4, 0.5) is 0 Å². The third-order valence-corrected chi connectivity index (χ3v) is 3.76. The van der Waals surface area contributed by atoms with Crippen LogP contribution in [0.5, 0.6) is 0 Å². The molecule has 1 aliphatic rings. The molecule has 1 aliphatic carbocycles. The standard InChI is InChI=1S/C13H9.C6H9.C5H5.CH4.CH3.2ClH.Zr/c1-3-7-12-10(5-1)9-11-6-2-4-8-13(11)12;1-3-5-6-4-2;1-2-4-5-3-1;;;;;/h1-9H;3,5-6H2,1H3;1-3H,4H2;1H4;1H3;2*1H;/q3*-1;;-1;;;+2/p-2. The average Bonchev–Trinajstić information content (AvgIpc) is 3.31. The van der Waals surface area contributed by atoms with Gasteiger partial charge in [-0.15, -0.1) is 46.2 Å². The second-order valence-corrected chi connectivity index (χ2v) is 5.60. The minimum Gasteiger partial charge on any atom is -1.00 e. The van der Waals surface area contributed by atoms with Crippen molar-refractivity contribution in [3.8, 4) is 5.92 Å². The molecule has 0 N–H and O–H groups in total. The summed E-state index contributed by atoms with van der Waals surface area (Å²) >= 11 is 0. The maximum atomic E-state index is 6.46. The van der Waals surface area contributed by atoms with E-state index in [2.05, 4.69) is 79.6 Å². The molecule has 3 aromatic carbocycles. The molecule has 0 bridgehead atoms. The molecule has 0 fully saturated rings. The Balaban J connectivity index is -0.000000170. The fraction of sp³-hybridized carbons (Fsp3) is 0.231. The summed E-state index contributed by atoms with van der Waals surface area (Å²) in [7, 11) is 0. The van der Waals surface area contributed by atoms with Gasteiger partial charge in [-0.3, -0.25) is 6.08 Å². The van der Waals surface area contributed by atoms with E-state index in [1.165, 1.54) is 28.0 Å². The van der Waals surface area contributed by atoms with Crippen molar-refractivity contribution in [2.45, 2.75) is 40.0 Å². The summed E-state index contributed by atoms with van der Waals surface area (Å²) in [5.41, 5.74) is 0. The van der Waals surface area contributed by atoms with Crippen LogP contribution < -0.4 is 24.8 Å². The van der Waals surface area contributed by atoms with Gasteiger partial charge in [0.15, 0.2) is 0 Å². The molecule has 0 unspecified atom stereocenters. The molecule has 3 heteroatoms. The van der Waals surface area contributed by atoms with E-state index in [9.17, 15) is 0 Å². The van der Waals surface area contributed by atoms with Gasteiger partial charge in [0.25, 0.3) is 0 Å². The van der Waals surface area contributed by atoms with Gasteiger partial charge in [-0.2, -0.15) is 6.08 Å². The summed E-state index contributed by atoms with van der Waals surface area (Å²) in [4.78, 5) is 0. The Bertz CT molecular complexity index is 793. The Hall–Kier alpha value is -1.19. The van der Waals surface area contributed by atoms with Crippen molar-refractivity contribution >= 4 is 21.5 Å². The number of unbranched alkanes of at least 4 members (excludes halogenated alkanes) is 2. The molecule has 0 atom stereocenters. The molecule has 156 valence electrons. The van der Waals surface area contributed by atoms with Gasteiger partial charge in [0.1, 0.15) is 0 Å². The van der Waals surface area contributed by atoms with Gasteiger partial charge in [0.05, 0.1) is 0 Å². The fourth-order valence-electron chi connectivity index (χ4n) is 2.51. The molecular formula is C26H30Cl2Zr-4. The minimum atomic E-state index is 0. The summed E-state index contributed by atoms with van der Waals surface area (Å²) in [6, 6.07) is 19.3. The van der Waals surface area contributed by atoms with Crippen LogP contribution >= 0.6 is 0 Å². The van der Waals surface area contributed by atoms with Gasteiger partial charge in [0.2, 0.25) is 0 Å². The molecule has 0 spiro atoms. The third kappa shape index (κ3) is 12.2. The van der Waals surface area contributed by atoms with Crippen molar-refractivity contribution in [1.29, 1.82) is 0 Å². The molecule has 0 radical (unpaired) electrons. The SMILES string of the molecule is C.[C-]#CCCCC.[C-]1=CC=CC1.[CH3-].[Cl-].[Cl-].[Zr+2].c1ccc2c(c1)[cH-]c1ccccc12. The van der Waals surface area contributed by atoms with Crippen LogP contribution in [0.15, 0.2) is 72.8 Å². The predicted octanol–water partition coefficient (Wildman–Crippen LogP) is 1.88. The number of hydrogen-bond donors (Lipinski definition) is 0. The van der Waals surface area contributed by atoms with Crippen molar-refractivity contribution in [2.75, 3.05) is 0 Å². The number of rotatable bonds is 2. The molecule has 0 aliphatic heterocycles. The Kier molecular flexibility index (Phi) is 26.2. The zero-order chi connectivity index (χ0) is 17.0. The first-order valence-corrected chi connectivity index (χ1v) is 8.51. The Morgan fingerprint density at radius 3 is 1.83 bits per heavy atom. The number of hydrogen-bond acceptors (Lipinski definition) is 0. The van der Waals surface area contributed by atoms with Crippen molar-refractivity contribution < 1.29 is 51.0 Å². The van der Waals surface area contributed by atoms with E-state index in [-0.39, 0.29) is 65.9 Å². The van der Waals surface area contributed by atoms with Gasteiger partial charge in [0, 0.05) is 0 Å². The van der Waals surface area contributed by atoms with Crippen LogP contribution in [-0.2, 0) is 26.2 Å². The van der Waals surface area contributed by atoms with E-state index < -0.39 is 0 Å². The predicted molar refractivity (Wildman–Crippen MR) is 118 cm³/mol. The summed E-state index contributed by atoms with van der Waals surface area (Å²) in [6.07, 6.45) is 19.6. The van der Waals surface area contributed by atoms with Crippen molar-refractivity contribution in [2.24, 2.45) is 0 Å². The van der Waals surface area contributed by atoms with E-state index in [1.54, 1.807) is 0 Å². The summed E-state index contributed by atoms with van der Waals surface area (Å²) in [5, 5.41) is 5.39. The quantitative estimate of drug-likeness (QED) is 0.284. The molecular weight excluding hydrogens is 474 g/mol. The summed E-state index contributed by atoms with van der Waals surface area (Å²) in [5.74, 6) is 2.32. The van der Waals surface area contributed by atoms with Crippen LogP contribution in [0.2, 0.25) is 0 Å². The molecule has 4 rings (SSSR count). The number of fused-ring (bicyclic) bond motifs is 3. The van der Waals surface area contributed by atoms with Crippen LogP contribution in [-0.4, -0.2) is 0 Å². The molecule has 29 heavy (non-hydrogen) atoms. The smallest absolute Gasteiger partial charge is 1.00 e. The van der Waals surface area contributed by atoms with Crippen LogP contribution in [0.1, 0.15) is 40.0 Å². The van der Waals surface area contributed by atoms with Crippen molar-refractivity contribution in [3.63, 3.8) is 0 Å². The van der Waals surface area contributed by atoms with Gasteiger partial charge in [-0.25, -0.2) is 12.2 Å². The third-order valence-electron chi connectivity index (χ3n) is 3.76. The Labute approximate surface area is 210 Å². The molecule has 0 heterocycles. The number of halogens is 2. The fourth-order valence-corrected chi connectivity index (χ4v) is 2.51. The second kappa shape index (κ2) is 21.5. The van der Waals surface area contributed by atoms with Gasteiger partial charge >= 0.3 is 26.2 Å². The molecule has 0 saturated carbocycles. The van der Waals surface area contributed by atoms with Crippen LogP contribution in [0, 0.1) is 25.8 Å². The molecule has 0 saturated heterocycles. The summed E-state index contributed by atoms with van der Waals surface area (Å²) < 4.78 is 0. The largest absolute Gasteiger partial charge is 2.00 e. The second-order valence-electron chi connectivity index (χ2n) is 5.60. The van der Waals surface area contributed by atoms with E-state index in [1.807, 2.05) is 12.2 Å². The maximum absolute atomic E-state index is 6.46. The molecule has 0 amide bonds. The van der Waals surface area contributed by atoms with Gasteiger partial charge in [-0.1, -0.05) is 57.2 Å². The van der Waals surface area contributed by atoms with E-state index in [0.29, 0.717) is 0 Å². The first-order chi connectivity index (χ1) is 11.9. The van der Waals surface area contributed by atoms with E-state index >= 15 is 0 Å². The van der Waals surface area contributed by atoms with Gasteiger partial charge in [-0.05, 0) is 12.8 Å².